The van der Waals surface area contributed by atoms with E-state index < -0.39 is 0 Å². The second-order valence-corrected chi connectivity index (χ2v) is 6.80. The molecule has 0 saturated carbocycles. The maximum atomic E-state index is 12.0. The van der Waals surface area contributed by atoms with Crippen molar-refractivity contribution in [3.63, 3.8) is 0 Å². The third kappa shape index (κ3) is 7.44. The van der Waals surface area contributed by atoms with E-state index in [0.29, 0.717) is 31.2 Å². The number of hydrogen-bond acceptors (Lipinski definition) is 4. The van der Waals surface area contributed by atoms with Gasteiger partial charge in [-0.3, -0.25) is 14.8 Å². The molecule has 1 amide bonds. The van der Waals surface area contributed by atoms with Crippen LogP contribution in [0.1, 0.15) is 41.8 Å². The van der Waals surface area contributed by atoms with E-state index in [1.165, 1.54) is 5.56 Å². The summed E-state index contributed by atoms with van der Waals surface area (Å²) in [6.45, 7) is 7.85. The highest BCUT2D eigenvalue weighted by atomic mass is 16.5. The van der Waals surface area contributed by atoms with Gasteiger partial charge in [0.25, 0.3) is 5.91 Å². The SMILES string of the molecule is CCC(C)Oc1cc(C)ccc1CNC(=NC)NCCNC(=O)c1cccnc1. The molecule has 1 aromatic carbocycles. The van der Waals surface area contributed by atoms with Gasteiger partial charge in [0.1, 0.15) is 5.75 Å². The van der Waals surface area contributed by atoms with Gasteiger partial charge in [0, 0.05) is 44.6 Å². The number of ether oxygens (including phenoxy) is 1. The quantitative estimate of drug-likeness (QED) is 0.344. The lowest BCUT2D eigenvalue weighted by atomic mass is 10.1. The number of carbonyl (C=O) groups excluding carboxylic acids is 1. The van der Waals surface area contributed by atoms with Crippen molar-refractivity contribution in [3.05, 3.63) is 59.4 Å². The van der Waals surface area contributed by atoms with Gasteiger partial charge < -0.3 is 20.7 Å². The van der Waals surface area contributed by atoms with E-state index in [4.69, 9.17) is 4.74 Å². The molecule has 1 atom stereocenters. The smallest absolute Gasteiger partial charge is 0.252 e. The van der Waals surface area contributed by atoms with E-state index in [1.54, 1.807) is 31.6 Å². The molecule has 0 radical (unpaired) electrons. The molecule has 7 heteroatoms. The first-order valence-electron chi connectivity index (χ1n) is 9.92. The van der Waals surface area contributed by atoms with Crippen molar-refractivity contribution in [2.24, 2.45) is 4.99 Å². The Balaban J connectivity index is 1.81. The van der Waals surface area contributed by atoms with E-state index in [1.807, 2.05) is 0 Å². The van der Waals surface area contributed by atoms with E-state index in [2.05, 4.69) is 64.9 Å². The summed E-state index contributed by atoms with van der Waals surface area (Å²) < 4.78 is 6.06. The van der Waals surface area contributed by atoms with Gasteiger partial charge in [0.15, 0.2) is 5.96 Å². The fourth-order valence-electron chi connectivity index (χ4n) is 2.57. The van der Waals surface area contributed by atoms with Gasteiger partial charge in [-0.15, -0.1) is 0 Å². The Bertz CT molecular complexity index is 808. The van der Waals surface area contributed by atoms with Crippen LogP contribution in [-0.4, -0.2) is 43.1 Å². The zero-order valence-electron chi connectivity index (χ0n) is 17.7. The van der Waals surface area contributed by atoms with Crippen LogP contribution in [0.25, 0.3) is 0 Å². The highest BCUT2D eigenvalue weighted by molar-refractivity contribution is 5.93. The van der Waals surface area contributed by atoms with Gasteiger partial charge in [-0.05, 0) is 44.0 Å². The van der Waals surface area contributed by atoms with Crippen molar-refractivity contribution in [2.75, 3.05) is 20.1 Å². The Morgan fingerprint density at radius 1 is 1.21 bits per heavy atom. The normalized spacial score (nSPS) is 12.2. The van der Waals surface area contributed by atoms with Crippen molar-refractivity contribution in [3.8, 4) is 5.75 Å². The molecule has 0 fully saturated rings. The standard InChI is InChI=1S/C22H31N5O2/c1-5-17(3)29-20-13-16(2)8-9-18(20)15-27-22(23-4)26-12-11-25-21(28)19-7-6-10-24-14-19/h6-10,13-14,17H,5,11-12,15H2,1-4H3,(H,25,28)(H2,23,26,27). The van der Waals surface area contributed by atoms with E-state index >= 15 is 0 Å². The predicted octanol–water partition coefficient (Wildman–Crippen LogP) is 2.66. The fraction of sp³-hybridized carbons (Fsp3) is 0.409. The van der Waals surface area contributed by atoms with E-state index in [0.717, 1.165) is 17.7 Å². The zero-order valence-corrected chi connectivity index (χ0v) is 17.7. The second kappa shape index (κ2) is 11.7. The summed E-state index contributed by atoms with van der Waals surface area (Å²) in [5.74, 6) is 1.41. The number of rotatable bonds is 9. The Hall–Kier alpha value is -3.09. The van der Waals surface area contributed by atoms with Crippen LogP contribution in [-0.2, 0) is 6.54 Å². The highest BCUT2D eigenvalue weighted by Crippen LogP contribution is 2.22. The lowest BCUT2D eigenvalue weighted by Gasteiger charge is -2.18. The second-order valence-electron chi connectivity index (χ2n) is 6.80. The topological polar surface area (TPSA) is 87.6 Å². The molecule has 1 heterocycles. The molecule has 2 rings (SSSR count). The van der Waals surface area contributed by atoms with Crippen LogP contribution >= 0.6 is 0 Å². The summed E-state index contributed by atoms with van der Waals surface area (Å²) in [5.41, 5.74) is 2.78. The maximum absolute atomic E-state index is 12.0. The molecule has 2 aromatic rings. The number of nitrogens with one attached hydrogen (secondary N) is 3. The Morgan fingerprint density at radius 2 is 2.00 bits per heavy atom. The van der Waals surface area contributed by atoms with Crippen LogP contribution in [0, 0.1) is 6.92 Å². The molecular formula is C22H31N5O2. The summed E-state index contributed by atoms with van der Waals surface area (Å²) in [7, 11) is 1.72. The Kier molecular flexibility index (Phi) is 8.95. The zero-order chi connectivity index (χ0) is 21.1. The highest BCUT2D eigenvalue weighted by Gasteiger charge is 2.09. The van der Waals surface area contributed by atoms with Crippen molar-refractivity contribution in [2.45, 2.75) is 39.8 Å². The van der Waals surface area contributed by atoms with Gasteiger partial charge in [-0.1, -0.05) is 19.1 Å². The van der Waals surface area contributed by atoms with Gasteiger partial charge >= 0.3 is 0 Å². The van der Waals surface area contributed by atoms with Crippen molar-refractivity contribution in [1.82, 2.24) is 20.9 Å². The number of carbonyl (C=O) groups is 1. The van der Waals surface area contributed by atoms with Gasteiger partial charge in [0.05, 0.1) is 11.7 Å². The van der Waals surface area contributed by atoms with Crippen LogP contribution in [0.4, 0.5) is 0 Å². The molecule has 1 unspecified atom stereocenters. The molecule has 156 valence electrons. The summed E-state index contributed by atoms with van der Waals surface area (Å²) >= 11 is 0. The Morgan fingerprint density at radius 3 is 2.69 bits per heavy atom. The molecule has 0 saturated heterocycles. The maximum Gasteiger partial charge on any atom is 0.252 e. The first-order valence-corrected chi connectivity index (χ1v) is 9.92. The van der Waals surface area contributed by atoms with Gasteiger partial charge in [-0.25, -0.2) is 0 Å². The summed E-state index contributed by atoms with van der Waals surface area (Å²) in [5, 5.41) is 9.34. The molecule has 0 aliphatic carbocycles. The fourth-order valence-corrected chi connectivity index (χ4v) is 2.57. The van der Waals surface area contributed by atoms with E-state index in [-0.39, 0.29) is 12.0 Å². The molecule has 0 spiro atoms. The lowest BCUT2D eigenvalue weighted by Crippen LogP contribution is -2.41. The minimum Gasteiger partial charge on any atom is -0.490 e. The minimum atomic E-state index is -0.144. The number of aryl methyl sites for hydroxylation is 1. The summed E-state index contributed by atoms with van der Waals surface area (Å²) in [6, 6.07) is 9.68. The van der Waals surface area contributed by atoms with Crippen molar-refractivity contribution in [1.29, 1.82) is 0 Å². The number of pyridine rings is 1. The van der Waals surface area contributed by atoms with Gasteiger partial charge in [-0.2, -0.15) is 0 Å². The lowest BCUT2D eigenvalue weighted by molar-refractivity contribution is 0.0954. The van der Waals surface area contributed by atoms with Crippen LogP contribution < -0.4 is 20.7 Å². The predicted molar refractivity (Wildman–Crippen MR) is 116 cm³/mol. The first-order chi connectivity index (χ1) is 14.0. The van der Waals surface area contributed by atoms with Crippen LogP contribution in [0.15, 0.2) is 47.7 Å². The van der Waals surface area contributed by atoms with Crippen molar-refractivity contribution < 1.29 is 9.53 Å². The molecule has 3 N–H and O–H groups in total. The monoisotopic (exact) mass is 397 g/mol. The van der Waals surface area contributed by atoms with Crippen LogP contribution in [0.2, 0.25) is 0 Å². The average Bonchev–Trinajstić information content (AvgIpc) is 2.74. The molecular weight excluding hydrogens is 366 g/mol. The Labute approximate surface area is 173 Å². The number of benzene rings is 1. The minimum absolute atomic E-state index is 0.144. The number of hydrogen-bond donors (Lipinski definition) is 3. The molecule has 29 heavy (non-hydrogen) atoms. The third-order valence-electron chi connectivity index (χ3n) is 4.42. The van der Waals surface area contributed by atoms with Crippen molar-refractivity contribution >= 4 is 11.9 Å². The number of guanidine groups is 1. The number of aromatic nitrogens is 1. The van der Waals surface area contributed by atoms with Crippen LogP contribution in [0.3, 0.4) is 0 Å². The molecule has 7 nitrogen and oxygen atoms in total. The molecule has 0 aliphatic heterocycles. The summed E-state index contributed by atoms with van der Waals surface area (Å²) in [4.78, 5) is 20.2. The molecule has 0 bridgehead atoms. The van der Waals surface area contributed by atoms with E-state index in [9.17, 15) is 4.79 Å². The number of nitrogens with zero attached hydrogens (tertiary/aromatic N) is 2. The third-order valence-corrected chi connectivity index (χ3v) is 4.42. The largest absolute Gasteiger partial charge is 0.490 e. The number of aliphatic imine (C=N–C) groups is 1. The first kappa shape index (κ1) is 22.2. The summed E-state index contributed by atoms with van der Waals surface area (Å²) in [6.07, 6.45) is 4.30. The van der Waals surface area contributed by atoms with Crippen LogP contribution in [0.5, 0.6) is 5.75 Å². The average molecular weight is 398 g/mol. The molecule has 0 aliphatic rings. The molecule has 1 aromatic heterocycles. The van der Waals surface area contributed by atoms with Gasteiger partial charge in [0.2, 0.25) is 0 Å². The number of amides is 1.